The number of ether oxygens (including phenoxy) is 1. The first kappa shape index (κ1) is 11.5. The highest BCUT2D eigenvalue weighted by Crippen LogP contribution is 2.12. The second kappa shape index (κ2) is 5.32. The molecule has 0 aromatic heterocycles. The van der Waals surface area contributed by atoms with Gasteiger partial charge in [0, 0.05) is 18.5 Å². The molecule has 1 atom stereocenters. The van der Waals surface area contributed by atoms with Gasteiger partial charge in [-0.25, -0.2) is 0 Å². The second-order valence-electron chi connectivity index (χ2n) is 4.09. The molecule has 1 fully saturated rings. The number of hydrogen-bond acceptors (Lipinski definition) is 4. The Hall–Kier alpha value is -0.610. The SMILES string of the molecule is COC(=O)CCCNC1(C)CCNC1. The minimum atomic E-state index is -0.124. The van der Waals surface area contributed by atoms with Gasteiger partial charge in [0.1, 0.15) is 0 Å². The largest absolute Gasteiger partial charge is 0.469 e. The average molecular weight is 200 g/mol. The van der Waals surface area contributed by atoms with Gasteiger partial charge in [0.15, 0.2) is 0 Å². The number of rotatable bonds is 5. The quantitative estimate of drug-likeness (QED) is 0.494. The minimum Gasteiger partial charge on any atom is -0.469 e. The minimum absolute atomic E-state index is 0.124. The molecule has 14 heavy (non-hydrogen) atoms. The number of carbonyl (C=O) groups is 1. The summed E-state index contributed by atoms with van der Waals surface area (Å²) < 4.78 is 4.57. The van der Waals surface area contributed by atoms with Crippen LogP contribution in [0.2, 0.25) is 0 Å². The van der Waals surface area contributed by atoms with Crippen LogP contribution in [0, 0.1) is 0 Å². The molecule has 82 valence electrons. The fourth-order valence-electron chi connectivity index (χ4n) is 1.69. The standard InChI is InChI=1S/C10H20N2O2/c1-10(5-7-11-8-10)12-6-3-4-9(13)14-2/h11-12H,3-8H2,1-2H3. The van der Waals surface area contributed by atoms with Gasteiger partial charge in [-0.05, 0) is 32.9 Å². The molecule has 2 N–H and O–H groups in total. The fraction of sp³-hybridized carbons (Fsp3) is 0.900. The monoisotopic (exact) mass is 200 g/mol. The molecule has 0 saturated carbocycles. The number of carbonyl (C=O) groups excluding carboxylic acids is 1. The molecule has 1 saturated heterocycles. The molecule has 0 bridgehead atoms. The third kappa shape index (κ3) is 3.64. The van der Waals surface area contributed by atoms with Crippen molar-refractivity contribution in [3.05, 3.63) is 0 Å². The third-order valence-corrected chi connectivity index (χ3v) is 2.71. The summed E-state index contributed by atoms with van der Waals surface area (Å²) in [6.45, 7) is 5.20. The first-order valence-electron chi connectivity index (χ1n) is 5.19. The van der Waals surface area contributed by atoms with Crippen LogP contribution in [0.5, 0.6) is 0 Å². The lowest BCUT2D eigenvalue weighted by Gasteiger charge is -2.24. The molecule has 4 heteroatoms. The van der Waals surface area contributed by atoms with Crippen molar-refractivity contribution in [2.24, 2.45) is 0 Å². The van der Waals surface area contributed by atoms with E-state index >= 15 is 0 Å². The molecule has 1 aliphatic heterocycles. The first-order chi connectivity index (χ1) is 6.66. The molecule has 0 radical (unpaired) electrons. The number of hydrogen-bond donors (Lipinski definition) is 2. The Balaban J connectivity index is 2.06. The van der Waals surface area contributed by atoms with Crippen LogP contribution in [-0.4, -0.2) is 38.3 Å². The molecule has 1 unspecified atom stereocenters. The number of methoxy groups -OCH3 is 1. The molecule has 0 spiro atoms. The van der Waals surface area contributed by atoms with Crippen molar-refractivity contribution >= 4 is 5.97 Å². The van der Waals surface area contributed by atoms with E-state index in [0.717, 1.165) is 32.5 Å². The highest BCUT2D eigenvalue weighted by Gasteiger charge is 2.26. The highest BCUT2D eigenvalue weighted by molar-refractivity contribution is 5.69. The van der Waals surface area contributed by atoms with E-state index in [1.807, 2.05) is 0 Å². The third-order valence-electron chi connectivity index (χ3n) is 2.71. The van der Waals surface area contributed by atoms with Crippen LogP contribution in [0.4, 0.5) is 0 Å². The Kier molecular flexibility index (Phi) is 4.35. The van der Waals surface area contributed by atoms with Gasteiger partial charge >= 0.3 is 5.97 Å². The van der Waals surface area contributed by atoms with E-state index in [-0.39, 0.29) is 11.5 Å². The van der Waals surface area contributed by atoms with Gasteiger partial charge in [-0.15, -0.1) is 0 Å². The van der Waals surface area contributed by atoms with Gasteiger partial charge in [0.2, 0.25) is 0 Å². The molecule has 0 aromatic carbocycles. The summed E-state index contributed by atoms with van der Waals surface area (Å²) in [6.07, 6.45) is 2.51. The van der Waals surface area contributed by atoms with Crippen molar-refractivity contribution in [3.63, 3.8) is 0 Å². The molecular weight excluding hydrogens is 180 g/mol. The average Bonchev–Trinajstić information content (AvgIpc) is 2.60. The molecule has 0 amide bonds. The Morgan fingerprint density at radius 2 is 2.43 bits per heavy atom. The van der Waals surface area contributed by atoms with Gasteiger partial charge in [0.05, 0.1) is 7.11 Å². The highest BCUT2D eigenvalue weighted by atomic mass is 16.5. The summed E-state index contributed by atoms with van der Waals surface area (Å²) in [5.41, 5.74) is 0.218. The van der Waals surface area contributed by atoms with E-state index < -0.39 is 0 Å². The fourth-order valence-corrected chi connectivity index (χ4v) is 1.69. The summed E-state index contributed by atoms with van der Waals surface area (Å²) in [7, 11) is 1.43. The summed E-state index contributed by atoms with van der Waals surface area (Å²) in [5.74, 6) is -0.124. The van der Waals surface area contributed by atoms with Crippen LogP contribution < -0.4 is 10.6 Å². The molecular formula is C10H20N2O2. The summed E-state index contributed by atoms with van der Waals surface area (Å²) in [6, 6.07) is 0. The maximum atomic E-state index is 10.8. The van der Waals surface area contributed by atoms with Gasteiger partial charge < -0.3 is 15.4 Å². The smallest absolute Gasteiger partial charge is 0.305 e. The van der Waals surface area contributed by atoms with Crippen molar-refractivity contribution in [2.75, 3.05) is 26.7 Å². The van der Waals surface area contributed by atoms with E-state index in [9.17, 15) is 4.79 Å². The van der Waals surface area contributed by atoms with Crippen LogP contribution in [-0.2, 0) is 9.53 Å². The number of esters is 1. The predicted molar refractivity (Wildman–Crippen MR) is 55.1 cm³/mol. The predicted octanol–water partition coefficient (Wildman–Crippen LogP) is 0.281. The maximum absolute atomic E-state index is 10.8. The van der Waals surface area contributed by atoms with Crippen LogP contribution in [0.3, 0.4) is 0 Å². The molecule has 4 nitrogen and oxygen atoms in total. The lowest BCUT2D eigenvalue weighted by molar-refractivity contribution is -0.140. The Bertz CT molecular complexity index is 189. The first-order valence-corrected chi connectivity index (χ1v) is 5.19. The Labute approximate surface area is 85.4 Å². The number of nitrogens with one attached hydrogen (secondary N) is 2. The topological polar surface area (TPSA) is 50.4 Å². The summed E-state index contributed by atoms with van der Waals surface area (Å²) in [5, 5.41) is 6.79. The zero-order valence-corrected chi connectivity index (χ0v) is 9.06. The van der Waals surface area contributed by atoms with E-state index in [1.165, 1.54) is 7.11 Å². The second-order valence-corrected chi connectivity index (χ2v) is 4.09. The van der Waals surface area contributed by atoms with Gasteiger partial charge in [-0.1, -0.05) is 0 Å². The Morgan fingerprint density at radius 3 is 3.00 bits per heavy atom. The van der Waals surface area contributed by atoms with E-state index in [4.69, 9.17) is 0 Å². The van der Waals surface area contributed by atoms with Crippen LogP contribution in [0.25, 0.3) is 0 Å². The van der Waals surface area contributed by atoms with Gasteiger partial charge in [-0.3, -0.25) is 4.79 Å². The summed E-state index contributed by atoms with van der Waals surface area (Å²) >= 11 is 0. The van der Waals surface area contributed by atoms with Crippen LogP contribution in [0.1, 0.15) is 26.2 Å². The van der Waals surface area contributed by atoms with E-state index in [0.29, 0.717) is 6.42 Å². The lowest BCUT2D eigenvalue weighted by atomic mass is 10.0. The zero-order valence-electron chi connectivity index (χ0n) is 9.06. The zero-order chi connectivity index (χ0) is 10.4. The van der Waals surface area contributed by atoms with Gasteiger partial charge in [0.25, 0.3) is 0 Å². The molecule has 1 aliphatic rings. The van der Waals surface area contributed by atoms with Crippen molar-refractivity contribution in [1.29, 1.82) is 0 Å². The van der Waals surface area contributed by atoms with Crippen molar-refractivity contribution in [2.45, 2.75) is 31.7 Å². The molecule has 0 aliphatic carbocycles. The van der Waals surface area contributed by atoms with Crippen molar-refractivity contribution in [3.8, 4) is 0 Å². The summed E-state index contributed by atoms with van der Waals surface area (Å²) in [4.78, 5) is 10.8. The maximum Gasteiger partial charge on any atom is 0.305 e. The molecule has 0 aromatic rings. The van der Waals surface area contributed by atoms with Crippen LogP contribution in [0.15, 0.2) is 0 Å². The van der Waals surface area contributed by atoms with Crippen LogP contribution >= 0.6 is 0 Å². The molecule has 1 heterocycles. The van der Waals surface area contributed by atoms with Crippen molar-refractivity contribution < 1.29 is 9.53 Å². The van der Waals surface area contributed by atoms with E-state index in [1.54, 1.807) is 0 Å². The van der Waals surface area contributed by atoms with Gasteiger partial charge in [-0.2, -0.15) is 0 Å². The Morgan fingerprint density at radius 1 is 1.64 bits per heavy atom. The van der Waals surface area contributed by atoms with E-state index in [2.05, 4.69) is 22.3 Å². The molecule has 1 rings (SSSR count). The lowest BCUT2D eigenvalue weighted by Crippen LogP contribution is -2.44. The normalized spacial score (nSPS) is 26.4. The van der Waals surface area contributed by atoms with Crippen molar-refractivity contribution in [1.82, 2.24) is 10.6 Å².